The van der Waals surface area contributed by atoms with Crippen LogP contribution < -0.4 is 20.3 Å². The highest BCUT2D eigenvalue weighted by atomic mass is 16.6. The molecule has 0 radical (unpaired) electrons. The van der Waals surface area contributed by atoms with Crippen LogP contribution in [0.2, 0.25) is 0 Å². The van der Waals surface area contributed by atoms with Gasteiger partial charge in [0.1, 0.15) is 17.2 Å². The normalized spacial score (nSPS) is 12.6. The smallest absolute Gasteiger partial charge is 0.407 e. The van der Waals surface area contributed by atoms with E-state index in [0.29, 0.717) is 49.9 Å². The molecule has 1 aromatic carbocycles. The molecule has 2 N–H and O–H groups in total. The highest BCUT2D eigenvalue weighted by Crippen LogP contribution is 2.27. The number of unbranched alkanes of at least 4 members (excludes halogenated alkanes) is 1. The fraction of sp³-hybridized carbons (Fsp3) is 0.520. The summed E-state index contributed by atoms with van der Waals surface area (Å²) >= 11 is 0. The van der Waals surface area contributed by atoms with E-state index in [2.05, 4.69) is 20.6 Å². The molecular weight excluding hydrogens is 434 g/mol. The van der Waals surface area contributed by atoms with Gasteiger partial charge in [0.2, 0.25) is 5.95 Å². The molecule has 0 atom stereocenters. The van der Waals surface area contributed by atoms with Crippen molar-refractivity contribution >= 4 is 23.8 Å². The minimum Gasteiger partial charge on any atom is -0.493 e. The first kappa shape index (κ1) is 25.3. The van der Waals surface area contributed by atoms with Crippen LogP contribution in [0.15, 0.2) is 30.5 Å². The molecule has 1 aliphatic heterocycles. The van der Waals surface area contributed by atoms with Crippen LogP contribution in [-0.2, 0) is 11.2 Å². The molecule has 0 saturated carbocycles. The summed E-state index contributed by atoms with van der Waals surface area (Å²) in [7, 11) is 0. The first-order chi connectivity index (χ1) is 16.1. The summed E-state index contributed by atoms with van der Waals surface area (Å²) in [4.78, 5) is 35.9. The van der Waals surface area contributed by atoms with E-state index >= 15 is 0 Å². The van der Waals surface area contributed by atoms with E-state index in [9.17, 15) is 9.59 Å². The van der Waals surface area contributed by atoms with E-state index in [1.165, 1.54) is 0 Å². The van der Waals surface area contributed by atoms with E-state index in [1.54, 1.807) is 23.2 Å². The molecule has 184 valence electrons. The molecule has 34 heavy (non-hydrogen) atoms. The SMILES string of the molecule is CC(C)Nc1nccc(N(CCCCNC(=O)OC(C)(C)C)C(=O)c2ccc3c(c2)CCO3)n1. The number of rotatable bonds is 9. The van der Waals surface area contributed by atoms with Crippen LogP contribution in [0.25, 0.3) is 0 Å². The third-order valence-electron chi connectivity index (χ3n) is 4.99. The Labute approximate surface area is 201 Å². The average molecular weight is 470 g/mol. The Kier molecular flexibility index (Phi) is 8.31. The maximum absolute atomic E-state index is 13.5. The molecule has 0 spiro atoms. The van der Waals surface area contributed by atoms with E-state index in [0.717, 1.165) is 17.7 Å². The molecule has 2 aromatic rings. The predicted octanol–water partition coefficient (Wildman–Crippen LogP) is 4.18. The second-order valence-electron chi connectivity index (χ2n) is 9.55. The van der Waals surface area contributed by atoms with Crippen molar-refractivity contribution in [3.05, 3.63) is 41.6 Å². The average Bonchev–Trinajstić information content (AvgIpc) is 3.22. The predicted molar refractivity (Wildman–Crippen MR) is 132 cm³/mol. The Hall–Kier alpha value is -3.36. The summed E-state index contributed by atoms with van der Waals surface area (Å²) in [6.07, 6.45) is 3.35. The molecule has 3 rings (SSSR count). The zero-order valence-corrected chi connectivity index (χ0v) is 20.7. The lowest BCUT2D eigenvalue weighted by Gasteiger charge is -2.23. The number of nitrogens with zero attached hydrogens (tertiary/aromatic N) is 3. The van der Waals surface area contributed by atoms with Crippen molar-refractivity contribution in [3.8, 4) is 5.75 Å². The number of fused-ring (bicyclic) bond motifs is 1. The molecular formula is C25H35N5O4. The topological polar surface area (TPSA) is 106 Å². The Morgan fingerprint density at radius 1 is 1.21 bits per heavy atom. The second-order valence-corrected chi connectivity index (χ2v) is 9.55. The molecule has 0 saturated heterocycles. The van der Waals surface area contributed by atoms with Gasteiger partial charge in [0, 0.05) is 37.3 Å². The van der Waals surface area contributed by atoms with Crippen LogP contribution in [0.5, 0.6) is 5.75 Å². The van der Waals surface area contributed by atoms with Crippen molar-refractivity contribution in [2.75, 3.05) is 29.9 Å². The fourth-order valence-electron chi connectivity index (χ4n) is 3.52. The van der Waals surface area contributed by atoms with Gasteiger partial charge in [0.05, 0.1) is 6.61 Å². The standard InChI is InChI=1S/C25H35N5O4/c1-17(2)28-23-26-13-10-21(29-23)30(14-7-6-12-27-24(32)34-25(3,4)5)22(31)19-8-9-20-18(16-19)11-15-33-20/h8-10,13,16-17H,6-7,11-12,14-15H2,1-5H3,(H,27,32)(H,26,28,29). The molecule has 1 aliphatic rings. The van der Waals surface area contributed by atoms with Gasteiger partial charge in [0.15, 0.2) is 0 Å². The number of ether oxygens (including phenoxy) is 2. The first-order valence-electron chi connectivity index (χ1n) is 11.8. The minimum atomic E-state index is -0.539. The number of nitrogens with one attached hydrogen (secondary N) is 2. The van der Waals surface area contributed by atoms with Crippen molar-refractivity contribution in [2.24, 2.45) is 0 Å². The number of benzene rings is 1. The molecule has 9 nitrogen and oxygen atoms in total. The Bertz CT molecular complexity index is 1000. The highest BCUT2D eigenvalue weighted by Gasteiger charge is 2.22. The number of carbonyl (C=O) groups is 2. The summed E-state index contributed by atoms with van der Waals surface area (Å²) < 4.78 is 10.8. The molecule has 0 fully saturated rings. The number of amides is 2. The molecule has 0 aliphatic carbocycles. The lowest BCUT2D eigenvalue weighted by atomic mass is 10.1. The van der Waals surface area contributed by atoms with Crippen LogP contribution in [0.4, 0.5) is 16.6 Å². The van der Waals surface area contributed by atoms with Crippen LogP contribution in [0.3, 0.4) is 0 Å². The molecule has 2 amide bonds. The lowest BCUT2D eigenvalue weighted by molar-refractivity contribution is 0.0526. The zero-order valence-electron chi connectivity index (χ0n) is 20.7. The Balaban J connectivity index is 1.70. The molecule has 2 heterocycles. The van der Waals surface area contributed by atoms with Crippen LogP contribution in [0.1, 0.15) is 63.4 Å². The van der Waals surface area contributed by atoms with Gasteiger partial charge >= 0.3 is 6.09 Å². The monoisotopic (exact) mass is 469 g/mol. The van der Waals surface area contributed by atoms with Crippen LogP contribution in [-0.4, -0.2) is 53.3 Å². The summed E-state index contributed by atoms with van der Waals surface area (Å²) in [5.74, 6) is 1.70. The van der Waals surface area contributed by atoms with Gasteiger partial charge in [-0.3, -0.25) is 9.69 Å². The molecule has 0 unspecified atom stereocenters. The van der Waals surface area contributed by atoms with Crippen molar-refractivity contribution in [3.63, 3.8) is 0 Å². The van der Waals surface area contributed by atoms with E-state index in [-0.39, 0.29) is 11.9 Å². The minimum absolute atomic E-state index is 0.135. The molecule has 1 aromatic heterocycles. The quantitative estimate of drug-likeness (QED) is 0.531. The van der Waals surface area contributed by atoms with Gasteiger partial charge in [-0.05, 0) is 77.3 Å². The number of hydrogen-bond donors (Lipinski definition) is 2. The van der Waals surface area contributed by atoms with E-state index in [4.69, 9.17) is 9.47 Å². The number of aromatic nitrogens is 2. The first-order valence-corrected chi connectivity index (χ1v) is 11.8. The van der Waals surface area contributed by atoms with Crippen molar-refractivity contribution in [1.82, 2.24) is 15.3 Å². The third kappa shape index (κ3) is 7.33. The van der Waals surface area contributed by atoms with E-state index < -0.39 is 11.7 Å². The van der Waals surface area contributed by atoms with Crippen LogP contribution in [0, 0.1) is 0 Å². The number of hydrogen-bond acceptors (Lipinski definition) is 7. The highest BCUT2D eigenvalue weighted by molar-refractivity contribution is 6.05. The van der Waals surface area contributed by atoms with Gasteiger partial charge in [-0.25, -0.2) is 9.78 Å². The Morgan fingerprint density at radius 3 is 2.74 bits per heavy atom. The second kappa shape index (κ2) is 11.2. The van der Waals surface area contributed by atoms with Gasteiger partial charge in [-0.15, -0.1) is 0 Å². The zero-order chi connectivity index (χ0) is 24.7. The van der Waals surface area contributed by atoms with Crippen LogP contribution >= 0.6 is 0 Å². The van der Waals surface area contributed by atoms with Crippen molar-refractivity contribution in [2.45, 2.75) is 65.5 Å². The molecule has 0 bridgehead atoms. The molecule has 9 heteroatoms. The van der Waals surface area contributed by atoms with Crippen molar-refractivity contribution in [1.29, 1.82) is 0 Å². The summed E-state index contributed by atoms with van der Waals surface area (Å²) in [5, 5.41) is 5.94. The largest absolute Gasteiger partial charge is 0.493 e. The third-order valence-corrected chi connectivity index (χ3v) is 4.99. The Morgan fingerprint density at radius 2 is 2.00 bits per heavy atom. The number of carbonyl (C=O) groups excluding carboxylic acids is 2. The van der Waals surface area contributed by atoms with Gasteiger partial charge in [-0.2, -0.15) is 4.98 Å². The lowest BCUT2D eigenvalue weighted by Crippen LogP contribution is -2.35. The van der Waals surface area contributed by atoms with Crippen molar-refractivity contribution < 1.29 is 19.1 Å². The summed E-state index contributed by atoms with van der Waals surface area (Å²) in [5.41, 5.74) is 1.09. The summed E-state index contributed by atoms with van der Waals surface area (Å²) in [6.45, 7) is 11.0. The van der Waals surface area contributed by atoms with E-state index in [1.807, 2.05) is 46.8 Å². The number of anilines is 2. The van der Waals surface area contributed by atoms with Gasteiger partial charge < -0.3 is 20.1 Å². The van der Waals surface area contributed by atoms with Gasteiger partial charge in [0.25, 0.3) is 5.91 Å². The summed E-state index contributed by atoms with van der Waals surface area (Å²) in [6, 6.07) is 7.44. The maximum Gasteiger partial charge on any atom is 0.407 e. The number of alkyl carbamates (subject to hydrolysis) is 1. The fourth-order valence-corrected chi connectivity index (χ4v) is 3.52. The maximum atomic E-state index is 13.5. The van der Waals surface area contributed by atoms with Gasteiger partial charge in [-0.1, -0.05) is 0 Å².